The minimum Gasteiger partial charge on any atom is -0.467 e. The van der Waals surface area contributed by atoms with Gasteiger partial charge >= 0.3 is 5.97 Å². The quantitative estimate of drug-likeness (QED) is 0.380. The number of carbonyl (C=O) groups is 2. The molecule has 0 heterocycles. The molecular weight excluding hydrogens is 358 g/mol. The summed E-state index contributed by atoms with van der Waals surface area (Å²) in [7, 11) is -0.418. The van der Waals surface area contributed by atoms with Crippen molar-refractivity contribution in [2.24, 2.45) is 0 Å². The van der Waals surface area contributed by atoms with Gasteiger partial charge in [0.1, 0.15) is 5.54 Å². The van der Waals surface area contributed by atoms with Crippen LogP contribution in [0.2, 0.25) is 18.1 Å². The van der Waals surface area contributed by atoms with Crippen LogP contribution in [0.25, 0.3) is 0 Å². The molecule has 0 aliphatic heterocycles. The normalized spacial score (nSPS) is 14.3. The number of benzene rings is 1. The van der Waals surface area contributed by atoms with E-state index in [1.54, 1.807) is 31.2 Å². The van der Waals surface area contributed by atoms with E-state index in [1.165, 1.54) is 7.11 Å². The van der Waals surface area contributed by atoms with Gasteiger partial charge in [-0.05, 0) is 56.5 Å². The summed E-state index contributed by atoms with van der Waals surface area (Å²) in [6.45, 7) is 13.5. The van der Waals surface area contributed by atoms with Crippen LogP contribution in [0.5, 0.6) is 0 Å². The second-order valence-electron chi connectivity index (χ2n) is 8.71. The molecule has 0 saturated heterocycles. The second kappa shape index (κ2) is 9.51. The molecule has 1 aromatic carbocycles. The lowest BCUT2D eigenvalue weighted by Gasteiger charge is -2.36. The summed E-state index contributed by atoms with van der Waals surface area (Å²) in [5.41, 5.74) is -0.535. The third kappa shape index (κ3) is 6.77. The zero-order valence-corrected chi connectivity index (χ0v) is 18.8. The SMILES string of the molecule is COC(=O)C(C)(CCCCO[Si](C)(C)C(C)(C)C)NC(=O)c1ccccc1. The fourth-order valence-electron chi connectivity index (χ4n) is 2.48. The van der Waals surface area contributed by atoms with Gasteiger partial charge in [0.05, 0.1) is 7.11 Å². The van der Waals surface area contributed by atoms with Gasteiger partial charge in [-0.3, -0.25) is 4.79 Å². The number of amides is 1. The van der Waals surface area contributed by atoms with Crippen LogP contribution in [-0.4, -0.2) is 39.4 Å². The number of hydrogen-bond acceptors (Lipinski definition) is 4. The molecule has 5 nitrogen and oxygen atoms in total. The van der Waals surface area contributed by atoms with Gasteiger partial charge in [-0.1, -0.05) is 39.0 Å². The van der Waals surface area contributed by atoms with Crippen molar-refractivity contribution in [3.8, 4) is 0 Å². The molecule has 1 aromatic rings. The fraction of sp³-hybridized carbons (Fsp3) is 0.619. The van der Waals surface area contributed by atoms with Crippen molar-refractivity contribution in [3.63, 3.8) is 0 Å². The van der Waals surface area contributed by atoms with Gasteiger partial charge in [-0.15, -0.1) is 0 Å². The minimum atomic E-state index is -1.76. The van der Waals surface area contributed by atoms with E-state index in [4.69, 9.17) is 9.16 Å². The van der Waals surface area contributed by atoms with Gasteiger partial charge in [0, 0.05) is 12.2 Å². The highest BCUT2D eigenvalue weighted by molar-refractivity contribution is 6.74. The molecule has 1 amide bonds. The zero-order chi connectivity index (χ0) is 20.7. The summed E-state index contributed by atoms with van der Waals surface area (Å²) in [4.78, 5) is 24.8. The maximum Gasteiger partial charge on any atom is 0.331 e. The molecule has 0 radical (unpaired) electrons. The van der Waals surface area contributed by atoms with E-state index in [0.717, 1.165) is 12.8 Å². The topological polar surface area (TPSA) is 64.6 Å². The number of nitrogens with one attached hydrogen (secondary N) is 1. The smallest absolute Gasteiger partial charge is 0.331 e. The predicted molar refractivity (Wildman–Crippen MR) is 111 cm³/mol. The van der Waals surface area contributed by atoms with Gasteiger partial charge in [-0.25, -0.2) is 4.79 Å². The van der Waals surface area contributed by atoms with Gasteiger partial charge < -0.3 is 14.5 Å². The first-order valence-corrected chi connectivity index (χ1v) is 12.4. The first-order valence-electron chi connectivity index (χ1n) is 9.53. The van der Waals surface area contributed by atoms with Gasteiger partial charge in [-0.2, -0.15) is 0 Å². The second-order valence-corrected chi connectivity index (χ2v) is 13.5. The van der Waals surface area contributed by atoms with E-state index in [2.05, 4.69) is 39.2 Å². The third-order valence-corrected chi connectivity index (χ3v) is 9.94. The van der Waals surface area contributed by atoms with Crippen molar-refractivity contribution < 1.29 is 18.8 Å². The average Bonchev–Trinajstić information content (AvgIpc) is 2.60. The molecule has 1 atom stereocenters. The van der Waals surface area contributed by atoms with Crippen LogP contribution < -0.4 is 5.32 Å². The van der Waals surface area contributed by atoms with E-state index in [9.17, 15) is 9.59 Å². The molecule has 27 heavy (non-hydrogen) atoms. The van der Waals surface area contributed by atoms with E-state index >= 15 is 0 Å². The molecule has 1 rings (SSSR count). The largest absolute Gasteiger partial charge is 0.467 e. The Morgan fingerprint density at radius 1 is 1.04 bits per heavy atom. The number of hydrogen-bond donors (Lipinski definition) is 1. The number of methoxy groups -OCH3 is 1. The summed E-state index contributed by atoms with van der Waals surface area (Å²) >= 11 is 0. The van der Waals surface area contributed by atoms with E-state index < -0.39 is 19.8 Å². The first-order chi connectivity index (χ1) is 12.4. The molecule has 1 unspecified atom stereocenters. The Hall–Kier alpha value is -1.66. The number of esters is 1. The number of ether oxygens (including phenoxy) is 1. The lowest BCUT2D eigenvalue weighted by atomic mass is 9.94. The van der Waals surface area contributed by atoms with Gasteiger partial charge in [0.15, 0.2) is 8.32 Å². The van der Waals surface area contributed by atoms with Crippen molar-refractivity contribution in [3.05, 3.63) is 35.9 Å². The van der Waals surface area contributed by atoms with E-state index in [0.29, 0.717) is 18.6 Å². The van der Waals surface area contributed by atoms with Crippen LogP contribution in [-0.2, 0) is 14.0 Å². The summed E-state index contributed by atoms with van der Waals surface area (Å²) < 4.78 is 11.1. The minimum absolute atomic E-state index is 0.178. The standard InChI is InChI=1S/C21H35NO4Si/c1-20(2,3)27(6,7)26-16-12-11-15-21(4,19(24)25-5)22-18(23)17-13-9-8-10-14-17/h8-10,13-14H,11-12,15-16H2,1-7H3,(H,22,23). The molecule has 0 spiro atoms. The Bertz CT molecular complexity index is 625. The zero-order valence-electron chi connectivity index (χ0n) is 17.8. The van der Waals surface area contributed by atoms with Gasteiger partial charge in [0.25, 0.3) is 5.91 Å². The Labute approximate surface area is 165 Å². The molecule has 0 aliphatic carbocycles. The highest BCUT2D eigenvalue weighted by Gasteiger charge is 2.38. The van der Waals surface area contributed by atoms with Crippen molar-refractivity contribution in [2.45, 2.75) is 70.6 Å². The highest BCUT2D eigenvalue weighted by atomic mass is 28.4. The van der Waals surface area contributed by atoms with Crippen molar-refractivity contribution in [1.29, 1.82) is 0 Å². The van der Waals surface area contributed by atoms with Crippen molar-refractivity contribution in [2.75, 3.05) is 13.7 Å². The third-order valence-electron chi connectivity index (χ3n) is 5.40. The molecule has 152 valence electrons. The molecule has 0 saturated carbocycles. The molecule has 0 fully saturated rings. The Balaban J connectivity index is 2.62. The van der Waals surface area contributed by atoms with E-state index in [-0.39, 0.29) is 10.9 Å². The van der Waals surface area contributed by atoms with Crippen LogP contribution in [0.1, 0.15) is 57.3 Å². The average molecular weight is 394 g/mol. The van der Waals surface area contributed by atoms with Crippen LogP contribution >= 0.6 is 0 Å². The molecule has 0 aromatic heterocycles. The molecule has 0 aliphatic rings. The Kier molecular flexibility index (Phi) is 8.23. The lowest BCUT2D eigenvalue weighted by molar-refractivity contribution is -0.147. The van der Waals surface area contributed by atoms with Crippen LogP contribution in [0.3, 0.4) is 0 Å². The Morgan fingerprint density at radius 2 is 1.63 bits per heavy atom. The predicted octanol–water partition coefficient (Wildman–Crippen LogP) is 4.54. The number of carbonyl (C=O) groups excluding carboxylic acids is 2. The monoisotopic (exact) mass is 393 g/mol. The maximum absolute atomic E-state index is 12.5. The highest BCUT2D eigenvalue weighted by Crippen LogP contribution is 2.36. The summed E-state index contributed by atoms with van der Waals surface area (Å²) in [5, 5.41) is 3.02. The van der Waals surface area contributed by atoms with Crippen LogP contribution in [0.15, 0.2) is 30.3 Å². The van der Waals surface area contributed by atoms with Crippen molar-refractivity contribution >= 4 is 20.2 Å². The summed E-state index contributed by atoms with van der Waals surface area (Å²) in [6.07, 6.45) is 2.09. The Morgan fingerprint density at radius 3 is 2.15 bits per heavy atom. The molecular formula is C21H35NO4Si. The molecule has 0 bridgehead atoms. The van der Waals surface area contributed by atoms with Gasteiger partial charge in [0.2, 0.25) is 0 Å². The number of rotatable bonds is 9. The first kappa shape index (κ1) is 23.4. The van der Waals surface area contributed by atoms with Crippen LogP contribution in [0.4, 0.5) is 0 Å². The fourth-order valence-corrected chi connectivity index (χ4v) is 3.57. The van der Waals surface area contributed by atoms with Crippen LogP contribution in [0, 0.1) is 0 Å². The maximum atomic E-state index is 12.5. The lowest BCUT2D eigenvalue weighted by Crippen LogP contribution is -2.52. The van der Waals surface area contributed by atoms with E-state index in [1.807, 2.05) is 6.07 Å². The number of unbranched alkanes of at least 4 members (excludes halogenated alkanes) is 1. The molecule has 6 heteroatoms. The van der Waals surface area contributed by atoms with Crippen molar-refractivity contribution in [1.82, 2.24) is 5.32 Å². The summed E-state index contributed by atoms with van der Waals surface area (Å²) in [5.74, 6) is -0.710. The molecule has 1 N–H and O–H groups in total. The summed E-state index contributed by atoms with van der Waals surface area (Å²) in [6, 6.07) is 8.88.